The van der Waals surface area contributed by atoms with Gasteiger partial charge < -0.3 is 4.74 Å². The molecule has 2 aromatic carbocycles. The highest BCUT2D eigenvalue weighted by atomic mass is 79.9. The fourth-order valence-corrected chi connectivity index (χ4v) is 3.51. The lowest BCUT2D eigenvalue weighted by atomic mass is 10.3. The van der Waals surface area contributed by atoms with Crippen LogP contribution in [0.15, 0.2) is 51.8 Å². The Kier molecular flexibility index (Phi) is 4.57. The Morgan fingerprint density at radius 3 is 2.50 bits per heavy atom. The second-order valence-corrected chi connectivity index (χ2v) is 6.83. The molecule has 0 fully saturated rings. The highest BCUT2D eigenvalue weighted by molar-refractivity contribution is 9.10. The van der Waals surface area contributed by atoms with Crippen LogP contribution < -0.4 is 9.46 Å². The van der Waals surface area contributed by atoms with Crippen LogP contribution in [0.3, 0.4) is 0 Å². The minimum absolute atomic E-state index is 0.0686. The summed E-state index contributed by atoms with van der Waals surface area (Å²) in [7, 11) is -2.24. The van der Waals surface area contributed by atoms with Crippen molar-refractivity contribution < 1.29 is 13.2 Å². The molecule has 0 saturated heterocycles. The first-order valence-electron chi connectivity index (χ1n) is 5.55. The normalized spacial score (nSPS) is 11.2. The maximum Gasteiger partial charge on any atom is 0.261 e. The topological polar surface area (TPSA) is 55.4 Å². The van der Waals surface area contributed by atoms with Crippen LogP contribution in [0, 0.1) is 0 Å². The van der Waals surface area contributed by atoms with E-state index in [1.165, 1.54) is 25.3 Å². The fourth-order valence-electron chi connectivity index (χ4n) is 1.56. The van der Waals surface area contributed by atoms with Gasteiger partial charge in [-0.15, -0.1) is 0 Å². The first kappa shape index (κ1) is 15.2. The summed E-state index contributed by atoms with van der Waals surface area (Å²) < 4.78 is 32.7. The Morgan fingerprint density at radius 2 is 1.90 bits per heavy atom. The van der Waals surface area contributed by atoms with Crippen molar-refractivity contribution >= 4 is 43.2 Å². The van der Waals surface area contributed by atoms with E-state index in [-0.39, 0.29) is 9.92 Å². The van der Waals surface area contributed by atoms with E-state index >= 15 is 0 Å². The lowest BCUT2D eigenvalue weighted by Gasteiger charge is -2.11. The summed E-state index contributed by atoms with van der Waals surface area (Å²) in [5.74, 6) is 0.423. The molecule has 0 unspecified atom stereocenters. The van der Waals surface area contributed by atoms with Crippen LogP contribution in [0.4, 0.5) is 5.69 Å². The SMILES string of the molecule is COc1ccc(S(=O)(=O)Nc2ccccc2Br)cc1Cl. The van der Waals surface area contributed by atoms with Crippen molar-refractivity contribution in [3.8, 4) is 5.75 Å². The number of ether oxygens (including phenoxy) is 1. The van der Waals surface area contributed by atoms with Gasteiger partial charge in [-0.2, -0.15) is 0 Å². The van der Waals surface area contributed by atoms with Crippen LogP contribution in [0.5, 0.6) is 5.75 Å². The van der Waals surface area contributed by atoms with Crippen LogP contribution in [0.1, 0.15) is 0 Å². The third kappa shape index (κ3) is 3.26. The number of rotatable bonds is 4. The van der Waals surface area contributed by atoms with E-state index in [2.05, 4.69) is 20.7 Å². The van der Waals surface area contributed by atoms with E-state index in [0.717, 1.165) is 0 Å². The van der Waals surface area contributed by atoms with E-state index in [1.807, 2.05) is 0 Å². The van der Waals surface area contributed by atoms with Gasteiger partial charge in [0.2, 0.25) is 0 Å². The Balaban J connectivity index is 2.36. The highest BCUT2D eigenvalue weighted by Gasteiger charge is 2.17. The van der Waals surface area contributed by atoms with Gasteiger partial charge in [0.15, 0.2) is 0 Å². The lowest BCUT2D eigenvalue weighted by Crippen LogP contribution is -2.13. The molecule has 2 aromatic rings. The predicted octanol–water partition coefficient (Wildman–Crippen LogP) is 3.91. The van der Waals surface area contributed by atoms with E-state index in [4.69, 9.17) is 16.3 Å². The van der Waals surface area contributed by atoms with Crippen LogP contribution in [-0.2, 0) is 10.0 Å². The van der Waals surface area contributed by atoms with Crippen LogP contribution in [0.2, 0.25) is 5.02 Å². The molecule has 0 aliphatic carbocycles. The van der Waals surface area contributed by atoms with Crippen molar-refractivity contribution in [3.05, 3.63) is 52.0 Å². The van der Waals surface area contributed by atoms with Gasteiger partial charge in [-0.3, -0.25) is 4.72 Å². The fraction of sp³-hybridized carbons (Fsp3) is 0.0769. The third-order valence-corrected chi connectivity index (χ3v) is 4.90. The molecule has 0 atom stereocenters. The highest BCUT2D eigenvalue weighted by Crippen LogP contribution is 2.29. The molecule has 0 saturated carbocycles. The summed E-state index contributed by atoms with van der Waals surface area (Å²) in [5, 5.41) is 0.238. The molecule has 0 radical (unpaired) electrons. The van der Waals surface area contributed by atoms with E-state index in [9.17, 15) is 8.42 Å². The van der Waals surface area contributed by atoms with Crippen LogP contribution in [-0.4, -0.2) is 15.5 Å². The average molecular weight is 377 g/mol. The standard InChI is InChI=1S/C13H11BrClNO3S/c1-19-13-7-6-9(8-11(13)15)20(17,18)16-12-5-3-2-4-10(12)14/h2-8,16H,1H3. The molecule has 1 N–H and O–H groups in total. The Bertz CT molecular complexity index is 734. The summed E-state index contributed by atoms with van der Waals surface area (Å²) in [6.45, 7) is 0. The number of benzene rings is 2. The Labute approximate surface area is 130 Å². The van der Waals surface area contributed by atoms with Gasteiger partial charge >= 0.3 is 0 Å². The number of sulfonamides is 1. The van der Waals surface area contributed by atoms with Gasteiger partial charge in [-0.05, 0) is 46.3 Å². The van der Waals surface area contributed by atoms with Crippen molar-refractivity contribution in [2.75, 3.05) is 11.8 Å². The molecule has 20 heavy (non-hydrogen) atoms. The molecule has 0 aliphatic rings. The van der Waals surface area contributed by atoms with Gasteiger partial charge in [0.05, 0.1) is 22.7 Å². The smallest absolute Gasteiger partial charge is 0.261 e. The molecule has 0 aromatic heterocycles. The monoisotopic (exact) mass is 375 g/mol. The second-order valence-electron chi connectivity index (χ2n) is 3.88. The number of anilines is 1. The van der Waals surface area contributed by atoms with Crippen molar-refractivity contribution in [1.29, 1.82) is 0 Å². The summed E-state index contributed by atoms with van der Waals surface area (Å²) in [5.41, 5.74) is 0.458. The molecule has 0 bridgehead atoms. The van der Waals surface area contributed by atoms with E-state index in [1.54, 1.807) is 24.3 Å². The number of hydrogen-bond donors (Lipinski definition) is 1. The second kappa shape index (κ2) is 6.03. The minimum Gasteiger partial charge on any atom is -0.495 e. The summed E-state index contributed by atoms with van der Waals surface area (Å²) in [4.78, 5) is 0.0686. The molecule has 0 spiro atoms. The lowest BCUT2D eigenvalue weighted by molar-refractivity contribution is 0.414. The summed E-state index contributed by atoms with van der Waals surface area (Å²) in [6, 6.07) is 11.2. The maximum absolute atomic E-state index is 12.3. The maximum atomic E-state index is 12.3. The first-order chi connectivity index (χ1) is 9.44. The number of methoxy groups -OCH3 is 1. The molecular formula is C13H11BrClNO3S. The summed E-state index contributed by atoms with van der Waals surface area (Å²) in [6.07, 6.45) is 0. The molecule has 0 amide bonds. The Morgan fingerprint density at radius 1 is 1.20 bits per heavy atom. The van der Waals surface area contributed by atoms with Gasteiger partial charge in [0.25, 0.3) is 10.0 Å². The largest absolute Gasteiger partial charge is 0.495 e. The van der Waals surface area contributed by atoms with Crippen molar-refractivity contribution in [2.24, 2.45) is 0 Å². The molecule has 7 heteroatoms. The van der Waals surface area contributed by atoms with Gasteiger partial charge in [-0.1, -0.05) is 23.7 Å². The first-order valence-corrected chi connectivity index (χ1v) is 8.20. The number of halogens is 2. The molecule has 4 nitrogen and oxygen atoms in total. The molecular weight excluding hydrogens is 366 g/mol. The van der Waals surface area contributed by atoms with Crippen LogP contribution >= 0.6 is 27.5 Å². The molecule has 0 aliphatic heterocycles. The van der Waals surface area contributed by atoms with E-state index < -0.39 is 10.0 Å². The minimum atomic E-state index is -3.70. The number of para-hydroxylation sites is 1. The van der Waals surface area contributed by atoms with Crippen LogP contribution in [0.25, 0.3) is 0 Å². The quantitative estimate of drug-likeness (QED) is 0.880. The van der Waals surface area contributed by atoms with Gasteiger partial charge in [0, 0.05) is 4.47 Å². The third-order valence-electron chi connectivity index (χ3n) is 2.55. The molecule has 0 heterocycles. The van der Waals surface area contributed by atoms with E-state index in [0.29, 0.717) is 15.9 Å². The zero-order valence-corrected chi connectivity index (χ0v) is 13.6. The molecule has 2 rings (SSSR count). The number of hydrogen-bond acceptors (Lipinski definition) is 3. The number of nitrogens with one attached hydrogen (secondary N) is 1. The van der Waals surface area contributed by atoms with Crippen molar-refractivity contribution in [1.82, 2.24) is 0 Å². The van der Waals surface area contributed by atoms with Crippen molar-refractivity contribution in [2.45, 2.75) is 4.90 Å². The van der Waals surface area contributed by atoms with Gasteiger partial charge in [-0.25, -0.2) is 8.42 Å². The van der Waals surface area contributed by atoms with Crippen molar-refractivity contribution in [3.63, 3.8) is 0 Å². The zero-order chi connectivity index (χ0) is 14.8. The van der Waals surface area contributed by atoms with Gasteiger partial charge in [0.1, 0.15) is 5.75 Å². The molecule has 106 valence electrons. The zero-order valence-electron chi connectivity index (χ0n) is 10.4. The Hall–Kier alpha value is -1.24. The predicted molar refractivity (Wildman–Crippen MR) is 83.0 cm³/mol. The average Bonchev–Trinajstić information content (AvgIpc) is 2.41. The summed E-state index contributed by atoms with van der Waals surface area (Å²) >= 11 is 9.23.